The molecule has 10 heteroatoms. The zero-order valence-corrected chi connectivity index (χ0v) is 20.5. The van der Waals surface area contributed by atoms with Crippen LogP contribution in [0.15, 0.2) is 71.8 Å². The van der Waals surface area contributed by atoms with Crippen molar-refractivity contribution in [1.82, 2.24) is 5.43 Å². The normalized spacial score (nSPS) is 11.7. The number of nitrogens with one attached hydrogen (secondary N) is 2. The average Bonchev–Trinajstić information content (AvgIpc) is 2.77. The number of anilines is 2. The van der Waals surface area contributed by atoms with E-state index in [4.69, 9.17) is 23.2 Å². The third-order valence-corrected chi connectivity index (χ3v) is 6.77. The molecule has 0 radical (unpaired) electrons. The number of amides is 2. The molecule has 0 aromatic heterocycles. The second-order valence-electron chi connectivity index (χ2n) is 7.22. The number of hydrazone groups is 1. The van der Waals surface area contributed by atoms with Crippen LogP contribution in [0, 0.1) is 6.92 Å². The second kappa shape index (κ2) is 10.2. The molecule has 0 atom stereocenters. The summed E-state index contributed by atoms with van der Waals surface area (Å²) in [7, 11) is -1.92. The Labute approximate surface area is 203 Å². The fraction of sp³-hybridized carbons (Fsp3) is 0.130. The van der Waals surface area contributed by atoms with Crippen LogP contribution < -0.4 is 15.0 Å². The van der Waals surface area contributed by atoms with Crippen molar-refractivity contribution < 1.29 is 13.2 Å². The van der Waals surface area contributed by atoms with Gasteiger partial charge in [-0.1, -0.05) is 53.5 Å². The van der Waals surface area contributed by atoms with Crippen molar-refractivity contribution in [2.45, 2.75) is 6.92 Å². The van der Waals surface area contributed by atoms with E-state index in [9.17, 15) is 13.2 Å². The number of hydrogen-bond donors (Lipinski definition) is 2. The third-order valence-electron chi connectivity index (χ3n) is 4.90. The highest BCUT2D eigenvalue weighted by Crippen LogP contribution is 2.23. The van der Waals surface area contributed by atoms with Crippen LogP contribution in [0.3, 0.4) is 0 Å². The van der Waals surface area contributed by atoms with Gasteiger partial charge in [0.25, 0.3) is 0 Å². The van der Waals surface area contributed by atoms with E-state index in [0.717, 1.165) is 11.8 Å². The van der Waals surface area contributed by atoms with Gasteiger partial charge in [0.15, 0.2) is 0 Å². The molecule has 0 aliphatic rings. The average molecular weight is 505 g/mol. The summed E-state index contributed by atoms with van der Waals surface area (Å²) in [4.78, 5) is 12.5. The Kier molecular flexibility index (Phi) is 7.63. The molecule has 0 aliphatic carbocycles. The Morgan fingerprint density at radius 3 is 2.09 bits per heavy atom. The van der Waals surface area contributed by atoms with Gasteiger partial charge < -0.3 is 5.32 Å². The summed E-state index contributed by atoms with van der Waals surface area (Å²) >= 11 is 12.1. The van der Waals surface area contributed by atoms with Crippen LogP contribution in [0.4, 0.5) is 16.2 Å². The lowest BCUT2D eigenvalue weighted by molar-refractivity contribution is 0.252. The summed E-state index contributed by atoms with van der Waals surface area (Å²) in [6.07, 6.45) is 1.13. The largest absolute Gasteiger partial charge is 0.339 e. The molecule has 172 valence electrons. The number of urea groups is 1. The molecule has 0 saturated carbocycles. The van der Waals surface area contributed by atoms with Gasteiger partial charge in [0.2, 0.25) is 10.0 Å². The van der Waals surface area contributed by atoms with Crippen molar-refractivity contribution in [3.8, 4) is 0 Å². The molecular formula is C23H22Cl2N4O3S. The molecule has 0 bridgehead atoms. The smallest absolute Gasteiger partial charge is 0.306 e. The lowest BCUT2D eigenvalue weighted by Crippen LogP contribution is -2.26. The maximum atomic E-state index is 12.5. The van der Waals surface area contributed by atoms with Crippen molar-refractivity contribution in [1.29, 1.82) is 0 Å². The van der Waals surface area contributed by atoms with Gasteiger partial charge in [-0.05, 0) is 48.9 Å². The van der Waals surface area contributed by atoms with Gasteiger partial charge in [0, 0.05) is 33.9 Å². The second-order valence-corrected chi connectivity index (χ2v) is 10.1. The molecule has 0 fully saturated rings. The quantitative estimate of drug-likeness (QED) is 0.353. The predicted molar refractivity (Wildman–Crippen MR) is 135 cm³/mol. The molecule has 3 aromatic rings. The molecule has 0 spiro atoms. The number of benzene rings is 3. The van der Waals surface area contributed by atoms with Crippen LogP contribution in [0.25, 0.3) is 0 Å². The van der Waals surface area contributed by atoms with E-state index in [2.05, 4.69) is 15.8 Å². The van der Waals surface area contributed by atoms with Crippen LogP contribution in [0.1, 0.15) is 16.7 Å². The summed E-state index contributed by atoms with van der Waals surface area (Å²) < 4.78 is 24.8. The van der Waals surface area contributed by atoms with E-state index < -0.39 is 16.1 Å². The van der Waals surface area contributed by atoms with E-state index in [1.165, 1.54) is 11.4 Å². The van der Waals surface area contributed by atoms with Crippen molar-refractivity contribution in [3.05, 3.63) is 93.5 Å². The molecular weight excluding hydrogens is 483 g/mol. The molecule has 2 amide bonds. The minimum Gasteiger partial charge on any atom is -0.306 e. The number of sulfonamides is 1. The van der Waals surface area contributed by atoms with Crippen LogP contribution in [0.2, 0.25) is 10.0 Å². The van der Waals surface area contributed by atoms with Crippen LogP contribution in [-0.4, -0.2) is 33.5 Å². The van der Waals surface area contributed by atoms with Crippen molar-refractivity contribution in [2.75, 3.05) is 22.9 Å². The van der Waals surface area contributed by atoms with Gasteiger partial charge in [-0.15, -0.1) is 0 Å². The number of hydrogen-bond acceptors (Lipinski definition) is 4. The highest BCUT2D eigenvalue weighted by molar-refractivity contribution is 7.92. The van der Waals surface area contributed by atoms with Gasteiger partial charge in [-0.2, -0.15) is 5.10 Å². The van der Waals surface area contributed by atoms with E-state index in [0.29, 0.717) is 38.3 Å². The predicted octanol–water partition coefficient (Wildman–Crippen LogP) is 5.27. The maximum Gasteiger partial charge on any atom is 0.339 e. The van der Waals surface area contributed by atoms with E-state index in [-0.39, 0.29) is 0 Å². The topological polar surface area (TPSA) is 90.9 Å². The van der Waals surface area contributed by atoms with Crippen LogP contribution in [0.5, 0.6) is 0 Å². The Hall–Kier alpha value is -3.07. The van der Waals surface area contributed by atoms with Gasteiger partial charge in [-0.25, -0.2) is 18.6 Å². The molecule has 0 saturated heterocycles. The zero-order valence-electron chi connectivity index (χ0n) is 18.1. The fourth-order valence-electron chi connectivity index (χ4n) is 2.92. The molecule has 0 aliphatic heterocycles. The Bertz CT molecular complexity index is 1290. The number of carbonyl (C=O) groups excluding carboxylic acids is 1. The van der Waals surface area contributed by atoms with Gasteiger partial charge >= 0.3 is 6.03 Å². The first-order valence-electron chi connectivity index (χ1n) is 9.76. The highest BCUT2D eigenvalue weighted by Gasteiger charge is 2.14. The van der Waals surface area contributed by atoms with Crippen LogP contribution in [-0.2, 0) is 10.0 Å². The lowest BCUT2D eigenvalue weighted by Gasteiger charge is -2.17. The van der Waals surface area contributed by atoms with Gasteiger partial charge in [-0.3, -0.25) is 4.31 Å². The van der Waals surface area contributed by atoms with Crippen molar-refractivity contribution in [3.63, 3.8) is 0 Å². The molecule has 0 heterocycles. The lowest BCUT2D eigenvalue weighted by atomic mass is 10.0. The standard InChI is InChI=1S/C23H22Cl2N4O3S/c1-15-20(25)5-4-6-21(15)26-23(30)28-27-22(16-7-11-18(24)12-8-16)17-9-13-19(14-10-17)29(2)33(3,31)32/h4-14H,1-3H3,(H2,26,28,30). The van der Waals surface area contributed by atoms with Gasteiger partial charge in [0.1, 0.15) is 0 Å². The number of halogens is 2. The highest BCUT2D eigenvalue weighted by atomic mass is 35.5. The molecule has 0 unspecified atom stereocenters. The molecule has 33 heavy (non-hydrogen) atoms. The minimum absolute atomic E-state index is 0.471. The SMILES string of the molecule is Cc1c(Cl)cccc1NC(=O)NN=C(c1ccc(Cl)cc1)c1ccc(N(C)S(C)(=O)=O)cc1. The van der Waals surface area contributed by atoms with E-state index >= 15 is 0 Å². The summed E-state index contributed by atoms with van der Waals surface area (Å²) in [6.45, 7) is 1.80. The van der Waals surface area contributed by atoms with E-state index in [1.54, 1.807) is 73.7 Å². The van der Waals surface area contributed by atoms with Crippen LogP contribution >= 0.6 is 23.2 Å². The number of rotatable bonds is 6. The molecule has 7 nitrogen and oxygen atoms in total. The third kappa shape index (κ3) is 6.25. The summed E-state index contributed by atoms with van der Waals surface area (Å²) in [5, 5.41) is 8.13. The summed E-state index contributed by atoms with van der Waals surface area (Å²) in [6, 6.07) is 18.4. The van der Waals surface area contributed by atoms with Crippen molar-refractivity contribution >= 4 is 56.3 Å². The van der Waals surface area contributed by atoms with Gasteiger partial charge in [0.05, 0.1) is 17.7 Å². The molecule has 3 rings (SSSR count). The maximum absolute atomic E-state index is 12.5. The number of carbonyl (C=O) groups is 1. The minimum atomic E-state index is -3.39. The summed E-state index contributed by atoms with van der Waals surface area (Å²) in [5.74, 6) is 0. The monoisotopic (exact) mass is 504 g/mol. The first-order valence-corrected chi connectivity index (χ1v) is 12.4. The van der Waals surface area contributed by atoms with Crippen molar-refractivity contribution in [2.24, 2.45) is 5.10 Å². The Morgan fingerprint density at radius 1 is 0.939 bits per heavy atom. The van der Waals surface area contributed by atoms with E-state index in [1.807, 2.05) is 0 Å². The first-order chi connectivity index (χ1) is 15.6. The number of nitrogens with zero attached hydrogens (tertiary/aromatic N) is 2. The molecule has 2 N–H and O–H groups in total. The molecule has 3 aromatic carbocycles. The Morgan fingerprint density at radius 2 is 1.52 bits per heavy atom. The fourth-order valence-corrected chi connectivity index (χ4v) is 3.73. The zero-order chi connectivity index (χ0) is 24.2. The summed E-state index contributed by atoms with van der Waals surface area (Å²) in [5.41, 5.74) is 6.16. The first kappa shape index (κ1) is 24.6. The Balaban J connectivity index is 1.90.